The molecule has 0 unspecified atom stereocenters. The Balaban J connectivity index is 1.43. The Hall–Kier alpha value is -3.78. The molecule has 2 aliphatic heterocycles. The number of carbonyl (C=O) groups excluding carboxylic acids is 2. The largest absolute Gasteiger partial charge is 0.371 e. The summed E-state index contributed by atoms with van der Waals surface area (Å²) in [6.07, 6.45) is 5.28. The summed E-state index contributed by atoms with van der Waals surface area (Å²) in [6, 6.07) is 17.0. The normalized spacial score (nSPS) is 17.9. The fourth-order valence-corrected chi connectivity index (χ4v) is 5.33. The molecular weight excluding hydrogens is 522 g/mol. The van der Waals surface area contributed by atoms with E-state index >= 15 is 8.78 Å². The number of allylic oxidation sites excluding steroid dienone is 1. The second-order valence-corrected chi connectivity index (χ2v) is 10.1. The Morgan fingerprint density at radius 1 is 1.00 bits per heavy atom. The van der Waals surface area contributed by atoms with E-state index in [0.29, 0.717) is 11.4 Å². The van der Waals surface area contributed by atoms with Crippen molar-refractivity contribution in [3.63, 3.8) is 0 Å². The van der Waals surface area contributed by atoms with Gasteiger partial charge in [0, 0.05) is 55.2 Å². The Morgan fingerprint density at radius 3 is 2.51 bits per heavy atom. The van der Waals surface area contributed by atoms with Gasteiger partial charge in [0.1, 0.15) is 0 Å². The van der Waals surface area contributed by atoms with Crippen molar-refractivity contribution >= 4 is 40.4 Å². The third-order valence-corrected chi connectivity index (χ3v) is 7.44. The van der Waals surface area contributed by atoms with Crippen LogP contribution in [0.2, 0.25) is 5.02 Å². The number of anilines is 2. The molecule has 39 heavy (non-hydrogen) atoms. The highest BCUT2D eigenvalue weighted by Gasteiger charge is 2.41. The average molecular weight is 551 g/mol. The third kappa shape index (κ3) is 5.96. The Labute approximate surface area is 231 Å². The van der Waals surface area contributed by atoms with Gasteiger partial charge in [-0.2, -0.15) is 0 Å². The molecule has 2 aromatic carbocycles. The number of hydrogen-bond donors (Lipinski definition) is 1. The number of benzene rings is 2. The molecular formula is C30H29ClF2N4O2. The number of amides is 2. The van der Waals surface area contributed by atoms with Crippen LogP contribution in [-0.4, -0.2) is 42.4 Å². The molecule has 3 heterocycles. The van der Waals surface area contributed by atoms with Crippen LogP contribution >= 0.6 is 11.6 Å². The summed E-state index contributed by atoms with van der Waals surface area (Å²) < 4.78 is 31.0. The fraction of sp³-hybridized carbons (Fsp3) is 0.300. The Kier molecular flexibility index (Phi) is 7.93. The number of carbonyl (C=O) groups is 2. The number of nitrogens with zero attached hydrogens (tertiary/aromatic N) is 3. The van der Waals surface area contributed by atoms with Crippen molar-refractivity contribution in [2.45, 2.75) is 38.2 Å². The summed E-state index contributed by atoms with van der Waals surface area (Å²) in [4.78, 5) is 34.1. The van der Waals surface area contributed by atoms with Gasteiger partial charge >= 0.3 is 0 Å². The first-order chi connectivity index (χ1) is 18.8. The minimum atomic E-state index is -3.34. The zero-order valence-electron chi connectivity index (χ0n) is 21.4. The highest BCUT2D eigenvalue weighted by Crippen LogP contribution is 2.43. The molecule has 0 spiro atoms. The lowest BCUT2D eigenvalue weighted by Gasteiger charge is -2.29. The quantitative estimate of drug-likeness (QED) is 0.389. The summed E-state index contributed by atoms with van der Waals surface area (Å²) in [5, 5.41) is 2.90. The smallest absolute Gasteiger partial charge is 0.275 e. The van der Waals surface area contributed by atoms with E-state index in [9.17, 15) is 9.59 Å². The molecule has 1 N–H and O–H groups in total. The Bertz CT molecular complexity index is 1390. The van der Waals surface area contributed by atoms with Gasteiger partial charge in [-0.25, -0.2) is 8.78 Å². The van der Waals surface area contributed by atoms with E-state index in [1.807, 2.05) is 6.07 Å². The molecule has 1 saturated heterocycles. The van der Waals surface area contributed by atoms with Crippen LogP contribution in [0.3, 0.4) is 0 Å². The summed E-state index contributed by atoms with van der Waals surface area (Å²) in [6.45, 7) is 1.73. The van der Waals surface area contributed by atoms with Gasteiger partial charge in [-0.15, -0.1) is 0 Å². The van der Waals surface area contributed by atoms with Crippen molar-refractivity contribution in [3.05, 3.63) is 94.8 Å². The van der Waals surface area contributed by atoms with Crippen LogP contribution in [0.15, 0.2) is 72.9 Å². The van der Waals surface area contributed by atoms with Crippen LogP contribution in [-0.2, 0) is 11.3 Å². The number of rotatable bonds is 5. The highest BCUT2D eigenvalue weighted by atomic mass is 35.5. The first-order valence-electron chi connectivity index (χ1n) is 13.1. The molecule has 1 fully saturated rings. The van der Waals surface area contributed by atoms with E-state index in [2.05, 4.69) is 15.2 Å². The van der Waals surface area contributed by atoms with Gasteiger partial charge in [-0.3, -0.25) is 14.6 Å². The van der Waals surface area contributed by atoms with Crippen LogP contribution in [0.25, 0.3) is 5.57 Å². The first-order valence-corrected chi connectivity index (χ1v) is 13.4. The van der Waals surface area contributed by atoms with Gasteiger partial charge in [-0.1, -0.05) is 35.9 Å². The summed E-state index contributed by atoms with van der Waals surface area (Å²) in [5.41, 5.74) is 1.80. The fourth-order valence-electron chi connectivity index (χ4n) is 5.07. The zero-order valence-corrected chi connectivity index (χ0v) is 22.1. The molecule has 6 nitrogen and oxygen atoms in total. The van der Waals surface area contributed by atoms with Crippen molar-refractivity contribution in [2.75, 3.05) is 29.4 Å². The molecule has 0 radical (unpaired) electrons. The van der Waals surface area contributed by atoms with Crippen molar-refractivity contribution < 1.29 is 18.4 Å². The molecule has 9 heteroatoms. The highest BCUT2D eigenvalue weighted by molar-refractivity contribution is 6.35. The topological polar surface area (TPSA) is 65.5 Å². The standard InChI is InChI=1S/C30H29ClF2N4O2/c31-26-18-22(36-15-6-1-7-16-36)11-12-24(26)29(39)37-17-13-30(32,33)25(23-9-2-3-10-27(23)37)19-28(38)35-20-21-8-4-5-14-34-21/h2-5,8-12,14,18-19H,1,6-7,13,15-17,20H2,(H,35,38). The molecule has 1 aromatic heterocycles. The van der Waals surface area contributed by atoms with Crippen molar-refractivity contribution in [1.29, 1.82) is 0 Å². The molecule has 2 aliphatic rings. The van der Waals surface area contributed by atoms with Crippen LogP contribution in [0, 0.1) is 0 Å². The zero-order chi connectivity index (χ0) is 27.4. The van der Waals surface area contributed by atoms with Gasteiger partial charge < -0.3 is 15.1 Å². The average Bonchev–Trinajstić information content (AvgIpc) is 3.06. The first kappa shape index (κ1) is 26.8. The van der Waals surface area contributed by atoms with E-state index in [0.717, 1.165) is 37.7 Å². The van der Waals surface area contributed by atoms with E-state index in [-0.39, 0.29) is 29.2 Å². The maximum atomic E-state index is 15.5. The minimum absolute atomic E-state index is 0.104. The van der Waals surface area contributed by atoms with Crippen LogP contribution < -0.4 is 15.1 Å². The number of halogens is 3. The van der Waals surface area contributed by atoms with E-state index in [1.165, 1.54) is 17.4 Å². The summed E-state index contributed by atoms with van der Waals surface area (Å²) in [7, 11) is 0. The number of aromatic nitrogens is 1. The van der Waals surface area contributed by atoms with Crippen molar-refractivity contribution in [3.8, 4) is 0 Å². The molecule has 0 bridgehead atoms. The summed E-state index contributed by atoms with van der Waals surface area (Å²) >= 11 is 6.58. The Morgan fingerprint density at radius 2 is 1.77 bits per heavy atom. The van der Waals surface area contributed by atoms with Crippen LogP contribution in [0.4, 0.5) is 20.2 Å². The molecule has 3 aromatic rings. The van der Waals surface area contributed by atoms with Gasteiger partial charge in [0.05, 0.1) is 28.5 Å². The maximum Gasteiger partial charge on any atom is 0.275 e. The molecule has 202 valence electrons. The number of para-hydroxylation sites is 1. The van der Waals surface area contributed by atoms with Crippen LogP contribution in [0.5, 0.6) is 0 Å². The predicted octanol–water partition coefficient (Wildman–Crippen LogP) is 6.11. The molecule has 0 saturated carbocycles. The van der Waals surface area contributed by atoms with Gasteiger partial charge in [0.2, 0.25) is 5.91 Å². The van der Waals surface area contributed by atoms with Gasteiger partial charge in [-0.05, 0) is 55.7 Å². The minimum Gasteiger partial charge on any atom is -0.371 e. The molecule has 5 rings (SSSR count). The van der Waals surface area contributed by atoms with Crippen molar-refractivity contribution in [1.82, 2.24) is 10.3 Å². The molecule has 0 aliphatic carbocycles. The van der Waals surface area contributed by atoms with Gasteiger partial charge in [0.15, 0.2) is 0 Å². The number of hydrogen-bond acceptors (Lipinski definition) is 4. The number of nitrogens with one attached hydrogen (secondary N) is 1. The second-order valence-electron chi connectivity index (χ2n) is 9.74. The number of fused-ring (bicyclic) bond motifs is 1. The van der Waals surface area contributed by atoms with Gasteiger partial charge in [0.25, 0.3) is 11.8 Å². The third-order valence-electron chi connectivity index (χ3n) is 7.12. The van der Waals surface area contributed by atoms with E-state index in [4.69, 9.17) is 11.6 Å². The van der Waals surface area contributed by atoms with Crippen molar-refractivity contribution in [2.24, 2.45) is 0 Å². The lowest BCUT2D eigenvalue weighted by molar-refractivity contribution is -0.116. The molecule has 0 atom stereocenters. The van der Waals surface area contributed by atoms with E-state index in [1.54, 1.807) is 54.7 Å². The monoisotopic (exact) mass is 550 g/mol. The SMILES string of the molecule is O=C(C=C1c2ccccc2N(C(=O)c2ccc(N3CCCCC3)cc2Cl)CCC1(F)F)NCc1ccccn1. The second kappa shape index (κ2) is 11.5. The number of pyridine rings is 1. The van der Waals surface area contributed by atoms with E-state index < -0.39 is 29.7 Å². The molecule has 2 amide bonds. The lowest BCUT2D eigenvalue weighted by atomic mass is 9.97. The van der Waals surface area contributed by atoms with Crippen LogP contribution in [0.1, 0.15) is 47.3 Å². The summed E-state index contributed by atoms with van der Waals surface area (Å²) in [5.74, 6) is -4.47. The maximum absolute atomic E-state index is 15.5. The number of piperidine rings is 1. The predicted molar refractivity (Wildman–Crippen MR) is 149 cm³/mol. The number of alkyl halides is 2. The lowest BCUT2D eigenvalue weighted by Crippen LogP contribution is -2.33.